The lowest BCUT2D eigenvalue weighted by Crippen LogP contribution is -2.23. The van der Waals surface area contributed by atoms with E-state index in [0.29, 0.717) is 20.8 Å². The summed E-state index contributed by atoms with van der Waals surface area (Å²) in [5.41, 5.74) is 1.94. The van der Waals surface area contributed by atoms with E-state index in [-0.39, 0.29) is 35.4 Å². The van der Waals surface area contributed by atoms with Crippen LogP contribution in [0.5, 0.6) is 0 Å². The highest BCUT2D eigenvalue weighted by Gasteiger charge is 2.26. The number of esters is 2. The first-order valence-electron chi connectivity index (χ1n) is 12.4. The van der Waals surface area contributed by atoms with E-state index in [1.807, 2.05) is 0 Å². The van der Waals surface area contributed by atoms with Gasteiger partial charge in [-0.1, -0.05) is 17.8 Å². The van der Waals surface area contributed by atoms with Gasteiger partial charge in [-0.15, -0.1) is 23.1 Å². The summed E-state index contributed by atoms with van der Waals surface area (Å²) in [7, 11) is 1.32. The Hall–Kier alpha value is -3.03. The molecule has 3 aromatic rings. The highest BCUT2D eigenvalue weighted by molar-refractivity contribution is 8.00. The molecule has 2 amide bonds. The second-order valence-electron chi connectivity index (χ2n) is 8.69. The molecule has 39 heavy (non-hydrogen) atoms. The normalized spacial score (nSPS) is 13.6. The highest BCUT2D eigenvalue weighted by Crippen LogP contribution is 2.38. The number of halogens is 1. The number of amides is 2. The Labute approximate surface area is 236 Å². The second kappa shape index (κ2) is 13.4. The molecule has 13 heteroatoms. The monoisotopic (exact) mass is 593 g/mol. The maximum Gasteiger partial charge on any atom is 0.341 e. The summed E-state index contributed by atoms with van der Waals surface area (Å²) in [5.74, 6) is -2.36. The van der Waals surface area contributed by atoms with E-state index in [0.717, 1.165) is 65.6 Å². The summed E-state index contributed by atoms with van der Waals surface area (Å²) in [4.78, 5) is 55.3. The topological polar surface area (TPSA) is 116 Å². The molecule has 1 N–H and O–H groups in total. The Bertz CT molecular complexity index is 1480. The Morgan fingerprint density at radius 2 is 1.92 bits per heavy atom. The van der Waals surface area contributed by atoms with Crippen molar-refractivity contribution >= 4 is 73.4 Å². The summed E-state index contributed by atoms with van der Waals surface area (Å²) in [5, 5.41) is 3.30. The molecule has 0 radical (unpaired) electrons. The van der Waals surface area contributed by atoms with Crippen LogP contribution in [0, 0.1) is 5.82 Å². The first-order valence-corrected chi connectivity index (χ1v) is 15.2. The second-order valence-corrected chi connectivity index (χ2v) is 11.8. The Morgan fingerprint density at radius 3 is 2.69 bits per heavy atom. The number of ether oxygens (including phenoxy) is 2. The standard InChI is InChI=1S/C26H28FN3O6S3/c1-3-36-22(33)12-30-17-10-9-15(27)11-19(17)39-26(30)29-21(32)14-37-13-20(31)28-24-23(25(34)35-2)16-7-5-4-6-8-18(16)38-24/h9-11H,3-8,12-14H2,1-2H3,(H,28,31). The van der Waals surface area contributed by atoms with Crippen LogP contribution in [0.15, 0.2) is 23.2 Å². The first-order chi connectivity index (χ1) is 18.8. The fraction of sp³-hybridized carbons (Fsp3) is 0.423. The predicted molar refractivity (Wildman–Crippen MR) is 150 cm³/mol. The van der Waals surface area contributed by atoms with E-state index < -0.39 is 23.7 Å². The van der Waals surface area contributed by atoms with E-state index in [1.165, 1.54) is 41.2 Å². The van der Waals surface area contributed by atoms with Gasteiger partial charge in [-0.2, -0.15) is 4.99 Å². The number of thiophene rings is 1. The van der Waals surface area contributed by atoms with Crippen LogP contribution in [0.3, 0.4) is 0 Å². The number of thiazole rings is 1. The molecule has 208 valence electrons. The molecule has 1 aliphatic rings. The number of fused-ring (bicyclic) bond motifs is 2. The lowest BCUT2D eigenvalue weighted by molar-refractivity contribution is -0.143. The zero-order chi connectivity index (χ0) is 27.9. The van der Waals surface area contributed by atoms with Gasteiger partial charge in [0.1, 0.15) is 17.4 Å². The van der Waals surface area contributed by atoms with Gasteiger partial charge in [0.15, 0.2) is 4.80 Å². The number of anilines is 1. The summed E-state index contributed by atoms with van der Waals surface area (Å²) >= 11 is 3.57. The van der Waals surface area contributed by atoms with Gasteiger partial charge >= 0.3 is 11.9 Å². The van der Waals surface area contributed by atoms with Crippen molar-refractivity contribution in [2.24, 2.45) is 4.99 Å². The molecule has 2 aromatic heterocycles. The smallest absolute Gasteiger partial charge is 0.341 e. The number of carbonyl (C=O) groups is 4. The summed E-state index contributed by atoms with van der Waals surface area (Å²) < 4.78 is 25.8. The molecule has 0 fully saturated rings. The van der Waals surface area contributed by atoms with Crippen LogP contribution < -0.4 is 10.1 Å². The van der Waals surface area contributed by atoms with Crippen molar-refractivity contribution in [2.75, 3.05) is 30.5 Å². The quantitative estimate of drug-likeness (QED) is 0.290. The fourth-order valence-electron chi connectivity index (χ4n) is 4.30. The van der Waals surface area contributed by atoms with Crippen molar-refractivity contribution in [3.8, 4) is 0 Å². The van der Waals surface area contributed by atoms with Crippen LogP contribution in [0.2, 0.25) is 0 Å². The minimum absolute atomic E-state index is 0.0229. The third kappa shape index (κ3) is 7.14. The van der Waals surface area contributed by atoms with E-state index >= 15 is 0 Å². The summed E-state index contributed by atoms with van der Waals surface area (Å²) in [6, 6.07) is 4.11. The van der Waals surface area contributed by atoms with E-state index in [9.17, 15) is 23.6 Å². The third-order valence-electron chi connectivity index (χ3n) is 5.98. The van der Waals surface area contributed by atoms with Crippen molar-refractivity contribution in [3.05, 3.63) is 44.8 Å². The minimum atomic E-state index is -0.504. The fourth-order valence-corrected chi connectivity index (χ4v) is 7.27. The van der Waals surface area contributed by atoms with Gasteiger partial charge in [0.05, 0.1) is 41.0 Å². The number of hydrogen-bond donors (Lipinski definition) is 1. The van der Waals surface area contributed by atoms with Crippen LogP contribution in [0.25, 0.3) is 10.2 Å². The van der Waals surface area contributed by atoms with Crippen molar-refractivity contribution in [1.29, 1.82) is 0 Å². The Morgan fingerprint density at radius 1 is 1.13 bits per heavy atom. The van der Waals surface area contributed by atoms with Crippen LogP contribution in [-0.2, 0) is 43.2 Å². The molecule has 0 unspecified atom stereocenters. The molecule has 0 saturated heterocycles. The number of nitrogens with one attached hydrogen (secondary N) is 1. The summed E-state index contributed by atoms with van der Waals surface area (Å²) in [6.07, 6.45) is 4.76. The van der Waals surface area contributed by atoms with Gasteiger partial charge in [-0.3, -0.25) is 14.4 Å². The molecule has 4 rings (SSSR count). The average molecular weight is 594 g/mol. The van der Waals surface area contributed by atoms with Gasteiger partial charge in [-0.05, 0) is 56.4 Å². The maximum absolute atomic E-state index is 13.7. The maximum atomic E-state index is 13.7. The zero-order valence-corrected chi connectivity index (χ0v) is 24.0. The van der Waals surface area contributed by atoms with Crippen LogP contribution in [0.4, 0.5) is 9.39 Å². The largest absolute Gasteiger partial charge is 0.465 e. The van der Waals surface area contributed by atoms with Crippen molar-refractivity contribution in [3.63, 3.8) is 0 Å². The highest BCUT2D eigenvalue weighted by atomic mass is 32.2. The lowest BCUT2D eigenvalue weighted by atomic mass is 10.1. The molecule has 1 aromatic carbocycles. The minimum Gasteiger partial charge on any atom is -0.465 e. The van der Waals surface area contributed by atoms with Gasteiger partial charge in [-0.25, -0.2) is 9.18 Å². The molecular weight excluding hydrogens is 566 g/mol. The molecule has 0 saturated carbocycles. The van der Waals surface area contributed by atoms with E-state index in [1.54, 1.807) is 6.92 Å². The lowest BCUT2D eigenvalue weighted by Gasteiger charge is -2.07. The number of carbonyl (C=O) groups excluding carboxylic acids is 4. The van der Waals surface area contributed by atoms with Crippen molar-refractivity contribution in [2.45, 2.75) is 45.6 Å². The number of benzene rings is 1. The van der Waals surface area contributed by atoms with Crippen molar-refractivity contribution < 1.29 is 33.0 Å². The molecule has 2 heterocycles. The van der Waals surface area contributed by atoms with Crippen molar-refractivity contribution in [1.82, 2.24) is 4.57 Å². The third-order valence-corrected chi connectivity index (χ3v) is 9.15. The van der Waals surface area contributed by atoms with Gasteiger partial charge in [0.2, 0.25) is 5.91 Å². The molecule has 1 aliphatic carbocycles. The molecule has 0 atom stereocenters. The van der Waals surface area contributed by atoms with Crippen LogP contribution >= 0.6 is 34.4 Å². The van der Waals surface area contributed by atoms with Crippen LogP contribution in [-0.4, -0.2) is 53.5 Å². The SMILES string of the molecule is CCOC(=O)Cn1c(=NC(=O)CSCC(=O)Nc2sc3c(c2C(=O)OC)CCCCC3)sc2cc(F)ccc21. The number of aryl methyl sites for hydroxylation is 1. The number of thioether (sulfide) groups is 1. The van der Waals surface area contributed by atoms with Gasteiger partial charge < -0.3 is 19.4 Å². The first kappa shape index (κ1) is 29.0. The van der Waals surface area contributed by atoms with Gasteiger partial charge in [0.25, 0.3) is 5.91 Å². The average Bonchev–Trinajstić information content (AvgIpc) is 3.29. The molecule has 0 bridgehead atoms. The van der Waals surface area contributed by atoms with Gasteiger partial charge in [0, 0.05) is 4.88 Å². The van der Waals surface area contributed by atoms with Crippen LogP contribution in [0.1, 0.15) is 47.0 Å². The zero-order valence-electron chi connectivity index (χ0n) is 21.5. The summed E-state index contributed by atoms with van der Waals surface area (Å²) in [6.45, 7) is 1.72. The Balaban J connectivity index is 1.43. The molecule has 0 spiro atoms. The Kier molecular flexibility index (Phi) is 9.92. The molecular formula is C26H28FN3O6S3. The predicted octanol–water partition coefficient (Wildman–Crippen LogP) is 4.32. The number of rotatable bonds is 9. The number of methoxy groups -OCH3 is 1. The molecule has 9 nitrogen and oxygen atoms in total. The number of hydrogen-bond acceptors (Lipinski definition) is 9. The number of nitrogens with zero attached hydrogens (tertiary/aromatic N) is 2. The molecule has 0 aliphatic heterocycles. The van der Waals surface area contributed by atoms with E-state index in [4.69, 9.17) is 9.47 Å². The van der Waals surface area contributed by atoms with E-state index in [2.05, 4.69) is 10.3 Å². The number of aromatic nitrogens is 1.